The SMILES string of the molecule is CC1CCC(C(=O)N2CCOC3CCCC32)CN1. The van der Waals surface area contributed by atoms with Crippen LogP contribution >= 0.6 is 0 Å². The Morgan fingerprint density at radius 3 is 2.94 bits per heavy atom. The van der Waals surface area contributed by atoms with Crippen molar-refractivity contribution in [3.05, 3.63) is 0 Å². The molecule has 3 fully saturated rings. The number of ether oxygens (including phenoxy) is 1. The van der Waals surface area contributed by atoms with E-state index >= 15 is 0 Å². The molecule has 18 heavy (non-hydrogen) atoms. The first kappa shape index (κ1) is 12.4. The highest BCUT2D eigenvalue weighted by Gasteiger charge is 2.40. The molecule has 0 bridgehead atoms. The summed E-state index contributed by atoms with van der Waals surface area (Å²) in [5, 5.41) is 3.43. The quantitative estimate of drug-likeness (QED) is 0.761. The summed E-state index contributed by atoms with van der Waals surface area (Å²) >= 11 is 0. The summed E-state index contributed by atoms with van der Waals surface area (Å²) in [6, 6.07) is 0.934. The minimum atomic E-state index is 0.195. The molecule has 0 spiro atoms. The van der Waals surface area contributed by atoms with Crippen LogP contribution in [0.3, 0.4) is 0 Å². The first-order valence-corrected chi connectivity index (χ1v) is 7.41. The monoisotopic (exact) mass is 252 g/mol. The van der Waals surface area contributed by atoms with Crippen molar-refractivity contribution in [2.75, 3.05) is 19.7 Å². The Morgan fingerprint density at radius 1 is 1.28 bits per heavy atom. The molecule has 1 saturated carbocycles. The van der Waals surface area contributed by atoms with Gasteiger partial charge in [0.1, 0.15) is 0 Å². The molecule has 0 aromatic carbocycles. The Kier molecular flexibility index (Phi) is 3.57. The lowest BCUT2D eigenvalue weighted by atomic mass is 9.93. The van der Waals surface area contributed by atoms with Crippen LogP contribution in [0.5, 0.6) is 0 Å². The Bertz CT molecular complexity index is 313. The number of fused-ring (bicyclic) bond motifs is 1. The van der Waals surface area contributed by atoms with Gasteiger partial charge in [0.05, 0.1) is 24.7 Å². The first-order chi connectivity index (χ1) is 8.75. The summed E-state index contributed by atoms with van der Waals surface area (Å²) in [6.07, 6.45) is 5.95. The molecule has 4 atom stereocenters. The molecule has 0 aromatic heterocycles. The van der Waals surface area contributed by atoms with Crippen LogP contribution in [0, 0.1) is 5.92 Å². The third kappa shape index (κ3) is 2.28. The second-order valence-electron chi connectivity index (χ2n) is 6.02. The number of hydrogen-bond acceptors (Lipinski definition) is 3. The highest BCUT2D eigenvalue weighted by atomic mass is 16.5. The van der Waals surface area contributed by atoms with Crippen LogP contribution in [0.15, 0.2) is 0 Å². The largest absolute Gasteiger partial charge is 0.374 e. The second kappa shape index (κ2) is 5.17. The van der Waals surface area contributed by atoms with E-state index < -0.39 is 0 Å². The van der Waals surface area contributed by atoms with Crippen molar-refractivity contribution < 1.29 is 9.53 Å². The molecule has 4 unspecified atom stereocenters. The van der Waals surface area contributed by atoms with Crippen molar-refractivity contribution in [3.8, 4) is 0 Å². The fourth-order valence-electron chi connectivity index (χ4n) is 3.64. The van der Waals surface area contributed by atoms with E-state index in [1.807, 2.05) is 0 Å². The van der Waals surface area contributed by atoms with Crippen molar-refractivity contribution in [1.29, 1.82) is 0 Å². The molecule has 0 aromatic rings. The van der Waals surface area contributed by atoms with Gasteiger partial charge in [-0.2, -0.15) is 0 Å². The zero-order valence-corrected chi connectivity index (χ0v) is 11.2. The van der Waals surface area contributed by atoms with Crippen LogP contribution in [0.1, 0.15) is 39.0 Å². The second-order valence-corrected chi connectivity index (χ2v) is 6.02. The Hall–Kier alpha value is -0.610. The average Bonchev–Trinajstić information content (AvgIpc) is 2.87. The number of rotatable bonds is 1. The molecule has 3 rings (SSSR count). The molecular weight excluding hydrogens is 228 g/mol. The van der Waals surface area contributed by atoms with Crippen molar-refractivity contribution in [1.82, 2.24) is 10.2 Å². The summed E-state index contributed by atoms with van der Waals surface area (Å²) < 4.78 is 5.78. The van der Waals surface area contributed by atoms with Crippen LogP contribution in [0.4, 0.5) is 0 Å². The van der Waals surface area contributed by atoms with Gasteiger partial charge in [-0.3, -0.25) is 4.79 Å². The summed E-state index contributed by atoms with van der Waals surface area (Å²) in [7, 11) is 0. The third-order valence-electron chi connectivity index (χ3n) is 4.78. The maximum atomic E-state index is 12.6. The third-order valence-corrected chi connectivity index (χ3v) is 4.78. The van der Waals surface area contributed by atoms with E-state index in [0.29, 0.717) is 24.1 Å². The number of morpholine rings is 1. The molecule has 2 aliphatic heterocycles. The Balaban J connectivity index is 1.64. The molecule has 1 aliphatic carbocycles. The normalized spacial score (nSPS) is 40.6. The summed E-state index contributed by atoms with van der Waals surface area (Å²) in [5.74, 6) is 0.565. The lowest BCUT2D eigenvalue weighted by Crippen LogP contribution is -2.55. The van der Waals surface area contributed by atoms with Gasteiger partial charge in [-0.25, -0.2) is 0 Å². The summed E-state index contributed by atoms with van der Waals surface area (Å²) in [6.45, 7) is 4.58. The van der Waals surface area contributed by atoms with E-state index in [1.54, 1.807) is 0 Å². The van der Waals surface area contributed by atoms with Crippen molar-refractivity contribution in [2.45, 2.75) is 57.2 Å². The van der Waals surface area contributed by atoms with Gasteiger partial charge in [0.15, 0.2) is 0 Å². The molecule has 102 valence electrons. The summed E-state index contributed by atoms with van der Waals surface area (Å²) in [4.78, 5) is 14.8. The average molecular weight is 252 g/mol. The van der Waals surface area contributed by atoms with Gasteiger partial charge in [-0.1, -0.05) is 0 Å². The zero-order valence-electron chi connectivity index (χ0n) is 11.2. The van der Waals surface area contributed by atoms with Crippen molar-refractivity contribution in [2.24, 2.45) is 5.92 Å². The number of nitrogens with one attached hydrogen (secondary N) is 1. The molecule has 1 amide bonds. The lowest BCUT2D eigenvalue weighted by molar-refractivity contribution is -0.149. The minimum Gasteiger partial charge on any atom is -0.374 e. The maximum absolute atomic E-state index is 12.6. The smallest absolute Gasteiger partial charge is 0.227 e. The predicted octanol–water partition coefficient (Wildman–Crippen LogP) is 1.15. The van der Waals surface area contributed by atoms with E-state index in [2.05, 4.69) is 17.1 Å². The lowest BCUT2D eigenvalue weighted by Gasteiger charge is -2.40. The standard InChI is InChI=1S/C14H24N2O2/c1-10-5-6-11(9-15-10)14(17)16-7-8-18-13-4-2-3-12(13)16/h10-13,15H,2-9H2,1H3. The highest BCUT2D eigenvalue weighted by molar-refractivity contribution is 5.79. The highest BCUT2D eigenvalue weighted by Crippen LogP contribution is 2.31. The number of carbonyl (C=O) groups excluding carboxylic acids is 1. The van der Waals surface area contributed by atoms with E-state index in [1.165, 1.54) is 6.42 Å². The van der Waals surface area contributed by atoms with Gasteiger partial charge in [0.2, 0.25) is 5.91 Å². The molecule has 3 aliphatic rings. The van der Waals surface area contributed by atoms with Gasteiger partial charge in [0, 0.05) is 19.1 Å². The van der Waals surface area contributed by atoms with Gasteiger partial charge >= 0.3 is 0 Å². The molecular formula is C14H24N2O2. The maximum Gasteiger partial charge on any atom is 0.227 e. The minimum absolute atomic E-state index is 0.195. The Labute approximate surface area is 109 Å². The molecule has 0 radical (unpaired) electrons. The van der Waals surface area contributed by atoms with Gasteiger partial charge in [0.25, 0.3) is 0 Å². The topological polar surface area (TPSA) is 41.6 Å². The van der Waals surface area contributed by atoms with Crippen LogP contribution in [-0.2, 0) is 9.53 Å². The predicted molar refractivity (Wildman–Crippen MR) is 69.3 cm³/mol. The van der Waals surface area contributed by atoms with Crippen molar-refractivity contribution in [3.63, 3.8) is 0 Å². The molecule has 4 heteroatoms. The number of piperidine rings is 1. The van der Waals surface area contributed by atoms with Gasteiger partial charge in [-0.15, -0.1) is 0 Å². The van der Waals surface area contributed by atoms with E-state index in [9.17, 15) is 4.79 Å². The van der Waals surface area contributed by atoms with Crippen molar-refractivity contribution >= 4 is 5.91 Å². The van der Waals surface area contributed by atoms with E-state index in [0.717, 1.165) is 45.4 Å². The zero-order chi connectivity index (χ0) is 12.5. The molecule has 4 nitrogen and oxygen atoms in total. The number of carbonyl (C=O) groups is 1. The van der Waals surface area contributed by atoms with E-state index in [4.69, 9.17) is 4.74 Å². The first-order valence-electron chi connectivity index (χ1n) is 7.41. The van der Waals surface area contributed by atoms with Gasteiger partial charge < -0.3 is 15.0 Å². The molecule has 1 N–H and O–H groups in total. The number of amides is 1. The number of nitrogens with zero attached hydrogens (tertiary/aromatic N) is 1. The molecule has 2 saturated heterocycles. The Morgan fingerprint density at radius 2 is 2.17 bits per heavy atom. The van der Waals surface area contributed by atoms with Crippen LogP contribution in [0.25, 0.3) is 0 Å². The number of hydrogen-bond donors (Lipinski definition) is 1. The van der Waals surface area contributed by atoms with Crippen LogP contribution < -0.4 is 5.32 Å². The molecule has 2 heterocycles. The summed E-state index contributed by atoms with van der Waals surface area (Å²) in [5.41, 5.74) is 0. The van der Waals surface area contributed by atoms with Crippen LogP contribution in [-0.4, -0.2) is 48.7 Å². The van der Waals surface area contributed by atoms with Gasteiger partial charge in [-0.05, 0) is 39.0 Å². The fourth-order valence-corrected chi connectivity index (χ4v) is 3.64. The van der Waals surface area contributed by atoms with E-state index in [-0.39, 0.29) is 5.92 Å². The fraction of sp³-hybridized carbons (Fsp3) is 0.929. The van der Waals surface area contributed by atoms with Crippen LogP contribution in [0.2, 0.25) is 0 Å².